The van der Waals surface area contributed by atoms with Gasteiger partial charge in [0.2, 0.25) is 5.91 Å². The fraction of sp³-hybridized carbons (Fsp3) is 0.385. The normalized spacial score (nSPS) is 14.8. The van der Waals surface area contributed by atoms with Crippen molar-refractivity contribution in [3.63, 3.8) is 0 Å². The van der Waals surface area contributed by atoms with Crippen LogP contribution in [0.2, 0.25) is 0 Å². The molecule has 2 aromatic carbocycles. The molecule has 0 fully saturated rings. The molecule has 0 saturated carbocycles. The highest BCUT2D eigenvalue weighted by atomic mass is 19.1. The number of hydrogen-bond acceptors (Lipinski definition) is 8. The number of halogens is 1. The highest BCUT2D eigenvalue weighted by Gasteiger charge is 2.25. The van der Waals surface area contributed by atoms with Gasteiger partial charge in [0.25, 0.3) is 0 Å². The zero-order valence-corrected chi connectivity index (χ0v) is 20.9. The van der Waals surface area contributed by atoms with Gasteiger partial charge in [-0.3, -0.25) is 4.79 Å². The Kier molecular flexibility index (Phi) is 9.82. The van der Waals surface area contributed by atoms with Crippen LogP contribution in [0.25, 0.3) is 17.2 Å². The second kappa shape index (κ2) is 13.2. The second-order valence-electron chi connectivity index (χ2n) is 8.48. The first kappa shape index (κ1) is 27.4. The molecule has 0 radical (unpaired) electrons. The van der Waals surface area contributed by atoms with Crippen molar-refractivity contribution < 1.29 is 18.7 Å². The summed E-state index contributed by atoms with van der Waals surface area (Å²) in [4.78, 5) is 37.5. The van der Waals surface area contributed by atoms with Crippen LogP contribution in [0, 0.1) is 10.7 Å². The molecule has 196 valence electrons. The van der Waals surface area contributed by atoms with Crippen molar-refractivity contribution >= 4 is 23.6 Å². The molecule has 1 amide bonds. The van der Waals surface area contributed by atoms with E-state index in [1.807, 2.05) is 25.1 Å². The molecule has 2 aromatic rings. The van der Waals surface area contributed by atoms with Crippen molar-refractivity contribution in [1.82, 2.24) is 4.90 Å². The van der Waals surface area contributed by atoms with Gasteiger partial charge in [0.05, 0.1) is 18.7 Å². The summed E-state index contributed by atoms with van der Waals surface area (Å²) in [7, 11) is 0. The molecule has 11 heteroatoms. The van der Waals surface area contributed by atoms with E-state index in [2.05, 4.69) is 20.8 Å². The summed E-state index contributed by atoms with van der Waals surface area (Å²) in [6.45, 7) is 4.90. The average molecular weight is 511 g/mol. The highest BCUT2D eigenvalue weighted by Crippen LogP contribution is 2.32. The summed E-state index contributed by atoms with van der Waals surface area (Å²) in [6.07, 6.45) is 2.70. The fourth-order valence-corrected chi connectivity index (χ4v) is 4.15. The summed E-state index contributed by atoms with van der Waals surface area (Å²) in [5.74, 6) is 3.78. The van der Waals surface area contributed by atoms with Crippen molar-refractivity contribution in [3.05, 3.63) is 63.8 Å². The van der Waals surface area contributed by atoms with E-state index in [1.165, 1.54) is 12.1 Å². The quantitative estimate of drug-likeness (QED) is 0.110. The summed E-state index contributed by atoms with van der Waals surface area (Å²) >= 11 is 0. The maximum Gasteiger partial charge on any atom is 0.341 e. The van der Waals surface area contributed by atoms with E-state index >= 15 is 0 Å². The minimum atomic E-state index is -0.716. The molecule has 10 nitrogen and oxygen atoms in total. The van der Waals surface area contributed by atoms with Gasteiger partial charge in [-0.15, -0.1) is 5.11 Å². The van der Waals surface area contributed by atoms with Gasteiger partial charge in [-0.25, -0.2) is 9.18 Å². The number of amides is 1. The van der Waals surface area contributed by atoms with E-state index in [0.29, 0.717) is 41.9 Å². The minimum Gasteiger partial charge on any atom is -0.462 e. The number of fused-ring (bicyclic) bond motifs is 1. The summed E-state index contributed by atoms with van der Waals surface area (Å²) < 4.78 is 19.5. The number of carbonyl (C=O) groups is 2. The van der Waals surface area contributed by atoms with Crippen LogP contribution in [-0.4, -0.2) is 49.2 Å². The number of ether oxygens (including phenoxy) is 1. The monoisotopic (exact) mass is 510 g/mol. The lowest BCUT2D eigenvalue weighted by Crippen LogP contribution is -2.35. The van der Waals surface area contributed by atoms with Gasteiger partial charge in [0, 0.05) is 30.8 Å². The van der Waals surface area contributed by atoms with Gasteiger partial charge < -0.3 is 20.8 Å². The zero-order valence-electron chi connectivity index (χ0n) is 20.9. The topological polar surface area (TPSA) is 139 Å². The number of nitrogens with two attached hydrogens (primary N) is 1. The Balaban J connectivity index is 1.95. The SMILES string of the molecule is CCCN(CCCN=O)C(=O)C1=Cc2ccc(-c3ccc(C(=O)OCC)c(F)c3)cc2NC(N=NN)C1. The van der Waals surface area contributed by atoms with Crippen LogP contribution in [-0.2, 0) is 9.53 Å². The number of nitroso groups, excluding NO2 is 1. The molecule has 37 heavy (non-hydrogen) atoms. The maximum atomic E-state index is 14.6. The zero-order chi connectivity index (χ0) is 26.8. The summed E-state index contributed by atoms with van der Waals surface area (Å²) in [5, 5.41) is 13.6. The number of nitrogens with one attached hydrogen (secondary N) is 1. The van der Waals surface area contributed by atoms with Crippen LogP contribution >= 0.6 is 0 Å². The number of hydrogen-bond donors (Lipinski definition) is 2. The molecule has 1 unspecified atom stereocenters. The van der Waals surface area contributed by atoms with E-state index in [9.17, 15) is 18.9 Å². The highest BCUT2D eigenvalue weighted by molar-refractivity contribution is 5.99. The van der Waals surface area contributed by atoms with E-state index in [1.54, 1.807) is 24.0 Å². The van der Waals surface area contributed by atoms with Gasteiger partial charge in [-0.2, -0.15) is 4.91 Å². The van der Waals surface area contributed by atoms with Gasteiger partial charge in [0.15, 0.2) is 0 Å². The molecule has 0 saturated heterocycles. The molecular formula is C26H31FN6O4. The molecule has 0 bridgehead atoms. The number of carbonyl (C=O) groups excluding carboxylic acids is 2. The maximum absolute atomic E-state index is 14.6. The first-order valence-electron chi connectivity index (χ1n) is 12.2. The van der Waals surface area contributed by atoms with Gasteiger partial charge in [0.1, 0.15) is 12.0 Å². The summed E-state index contributed by atoms with van der Waals surface area (Å²) in [5.41, 5.74) is 3.06. The largest absolute Gasteiger partial charge is 0.462 e. The predicted octanol–water partition coefficient (Wildman–Crippen LogP) is 4.92. The van der Waals surface area contributed by atoms with Crippen molar-refractivity contribution in [2.75, 3.05) is 31.6 Å². The molecule has 1 heterocycles. The molecule has 1 atom stereocenters. The average Bonchev–Trinajstić information content (AvgIpc) is 3.06. The van der Waals surface area contributed by atoms with Crippen molar-refractivity contribution in [2.24, 2.45) is 21.4 Å². The first-order valence-corrected chi connectivity index (χ1v) is 12.2. The van der Waals surface area contributed by atoms with Crippen LogP contribution in [0.1, 0.15) is 49.0 Å². The molecule has 0 aliphatic carbocycles. The number of nitrogens with zero attached hydrogens (tertiary/aromatic N) is 4. The third kappa shape index (κ3) is 6.96. The molecule has 3 rings (SSSR count). The van der Waals surface area contributed by atoms with Crippen LogP contribution in [0.4, 0.5) is 10.1 Å². The van der Waals surface area contributed by atoms with Gasteiger partial charge in [-0.05, 0) is 60.7 Å². The van der Waals surface area contributed by atoms with Gasteiger partial charge in [-0.1, -0.05) is 35.5 Å². The van der Waals surface area contributed by atoms with E-state index in [0.717, 1.165) is 12.0 Å². The Morgan fingerprint density at radius 1 is 1.16 bits per heavy atom. The van der Waals surface area contributed by atoms with E-state index in [4.69, 9.17) is 10.6 Å². The Morgan fingerprint density at radius 3 is 2.59 bits per heavy atom. The third-order valence-electron chi connectivity index (χ3n) is 5.86. The molecule has 0 spiro atoms. The lowest BCUT2D eigenvalue weighted by molar-refractivity contribution is -0.127. The standard InChI is InChI=1S/C26H31FN6O4/c1-3-11-33(12-5-10-29-36)25(34)20-13-19-7-6-18(15-23(19)30-24(16-20)31-32-28)17-8-9-21(22(27)14-17)26(35)37-4-2/h6-9,13-15,24,30H,3-5,10-12,16H2,1-2H3,(H2,28,31). The van der Waals surface area contributed by atoms with Crippen LogP contribution in [0.3, 0.4) is 0 Å². The first-order chi connectivity index (χ1) is 17.9. The van der Waals surface area contributed by atoms with Crippen molar-refractivity contribution in [2.45, 2.75) is 39.3 Å². The predicted molar refractivity (Wildman–Crippen MR) is 139 cm³/mol. The number of anilines is 1. The lowest BCUT2D eigenvalue weighted by atomic mass is 9.99. The Morgan fingerprint density at radius 2 is 1.92 bits per heavy atom. The Labute approximate surface area is 214 Å². The fourth-order valence-electron chi connectivity index (χ4n) is 4.15. The number of esters is 1. The van der Waals surface area contributed by atoms with E-state index < -0.39 is 18.0 Å². The molecule has 0 aromatic heterocycles. The summed E-state index contributed by atoms with van der Waals surface area (Å²) in [6, 6.07) is 9.77. The van der Waals surface area contributed by atoms with Crippen LogP contribution in [0.15, 0.2) is 57.5 Å². The third-order valence-corrected chi connectivity index (χ3v) is 5.86. The molecule has 1 aliphatic rings. The molecular weight excluding hydrogens is 479 g/mol. The lowest BCUT2D eigenvalue weighted by Gasteiger charge is -2.23. The molecule has 3 N–H and O–H groups in total. The van der Waals surface area contributed by atoms with Crippen LogP contribution in [0.5, 0.6) is 0 Å². The van der Waals surface area contributed by atoms with Crippen LogP contribution < -0.4 is 11.2 Å². The van der Waals surface area contributed by atoms with Crippen molar-refractivity contribution in [3.8, 4) is 11.1 Å². The smallest absolute Gasteiger partial charge is 0.341 e. The number of rotatable bonds is 11. The Bertz CT molecular complexity index is 1200. The second-order valence-corrected chi connectivity index (χ2v) is 8.48. The number of benzene rings is 2. The van der Waals surface area contributed by atoms with E-state index in [-0.39, 0.29) is 31.0 Å². The minimum absolute atomic E-state index is 0.131. The van der Waals surface area contributed by atoms with Gasteiger partial charge >= 0.3 is 5.97 Å². The van der Waals surface area contributed by atoms with Crippen molar-refractivity contribution in [1.29, 1.82) is 0 Å². The molecule has 1 aliphatic heterocycles. The Hall–Kier alpha value is -4.15.